The lowest BCUT2D eigenvalue weighted by atomic mass is 10.2. The Labute approximate surface area is 130 Å². The molecule has 1 fully saturated rings. The number of pyridine rings is 1. The predicted octanol–water partition coefficient (Wildman–Crippen LogP) is 1.02. The topological polar surface area (TPSA) is 90.8 Å². The minimum atomic E-state index is -3.46. The van der Waals surface area contributed by atoms with E-state index in [4.69, 9.17) is 5.11 Å². The van der Waals surface area contributed by atoms with E-state index >= 15 is 0 Å². The first-order valence-electron chi connectivity index (χ1n) is 7.22. The van der Waals surface area contributed by atoms with Gasteiger partial charge in [0.15, 0.2) is 0 Å². The molecule has 0 amide bonds. The van der Waals surface area contributed by atoms with Crippen LogP contribution in [0.15, 0.2) is 23.2 Å². The van der Waals surface area contributed by atoms with Crippen LogP contribution in [0.1, 0.15) is 19.8 Å². The first-order chi connectivity index (χ1) is 10.3. The molecule has 1 aromatic heterocycles. The largest absolute Gasteiger partial charge is 0.481 e. The van der Waals surface area contributed by atoms with E-state index in [1.54, 1.807) is 24.9 Å². The molecule has 2 rings (SSSR count). The summed E-state index contributed by atoms with van der Waals surface area (Å²) in [5.41, 5.74) is 0. The van der Waals surface area contributed by atoms with Crippen molar-refractivity contribution in [3.63, 3.8) is 0 Å². The molecule has 1 unspecified atom stereocenters. The summed E-state index contributed by atoms with van der Waals surface area (Å²) in [6.07, 6.45) is 3.12. The first kappa shape index (κ1) is 16.7. The summed E-state index contributed by atoms with van der Waals surface area (Å²) in [5.74, 6) is -0.853. The zero-order chi connectivity index (χ0) is 16.3. The van der Waals surface area contributed by atoms with E-state index in [9.17, 15) is 13.2 Å². The van der Waals surface area contributed by atoms with E-state index in [-0.39, 0.29) is 4.90 Å². The standard InChI is InChI=1S/C14H21N3O4S/c1-11(14(18)19)10-16(2)13-6-5-12(9-15-13)22(20,21)17-7-3-4-8-17/h5-6,9,11H,3-4,7-8,10H2,1-2H3,(H,18,19). The van der Waals surface area contributed by atoms with E-state index in [2.05, 4.69) is 4.98 Å². The van der Waals surface area contributed by atoms with Crippen LogP contribution in [-0.2, 0) is 14.8 Å². The average Bonchev–Trinajstić information content (AvgIpc) is 3.02. The molecule has 1 atom stereocenters. The number of anilines is 1. The Kier molecular flexibility index (Phi) is 5.02. The number of nitrogens with zero attached hydrogens (tertiary/aromatic N) is 3. The van der Waals surface area contributed by atoms with Gasteiger partial charge in [-0.15, -0.1) is 0 Å². The summed E-state index contributed by atoms with van der Waals surface area (Å²) in [6.45, 7) is 3.03. The summed E-state index contributed by atoms with van der Waals surface area (Å²) in [5, 5.41) is 8.92. The number of aliphatic carboxylic acids is 1. The monoisotopic (exact) mass is 327 g/mol. The fourth-order valence-electron chi connectivity index (χ4n) is 2.41. The van der Waals surface area contributed by atoms with Crippen molar-refractivity contribution < 1.29 is 18.3 Å². The lowest BCUT2D eigenvalue weighted by Crippen LogP contribution is -2.30. The van der Waals surface area contributed by atoms with Gasteiger partial charge in [-0.25, -0.2) is 13.4 Å². The maximum atomic E-state index is 12.4. The smallest absolute Gasteiger partial charge is 0.308 e. The predicted molar refractivity (Wildman–Crippen MR) is 82.3 cm³/mol. The Morgan fingerprint density at radius 1 is 1.41 bits per heavy atom. The van der Waals surface area contributed by atoms with Crippen LogP contribution in [0.3, 0.4) is 0 Å². The fourth-order valence-corrected chi connectivity index (χ4v) is 3.87. The quantitative estimate of drug-likeness (QED) is 0.839. The van der Waals surface area contributed by atoms with E-state index in [0.29, 0.717) is 25.5 Å². The maximum absolute atomic E-state index is 12.4. The molecule has 2 heterocycles. The maximum Gasteiger partial charge on any atom is 0.308 e. The molecule has 1 aliphatic rings. The normalized spacial score (nSPS) is 17.4. The molecule has 1 N–H and O–H groups in total. The van der Waals surface area contributed by atoms with Gasteiger partial charge in [0.05, 0.1) is 5.92 Å². The molecule has 0 aromatic carbocycles. The molecule has 1 aliphatic heterocycles. The third-order valence-corrected chi connectivity index (χ3v) is 5.67. The average molecular weight is 327 g/mol. The fraction of sp³-hybridized carbons (Fsp3) is 0.571. The lowest BCUT2D eigenvalue weighted by molar-refractivity contribution is -0.140. The number of aromatic nitrogens is 1. The summed E-state index contributed by atoms with van der Waals surface area (Å²) in [7, 11) is -1.73. The van der Waals surface area contributed by atoms with Crippen LogP contribution in [0.2, 0.25) is 0 Å². The van der Waals surface area contributed by atoms with Crippen molar-refractivity contribution in [2.75, 3.05) is 31.6 Å². The van der Waals surface area contributed by atoms with E-state index in [1.165, 1.54) is 16.6 Å². The second-order valence-electron chi connectivity index (χ2n) is 5.58. The number of carboxylic acids is 1. The minimum absolute atomic E-state index is 0.179. The van der Waals surface area contributed by atoms with Gasteiger partial charge >= 0.3 is 5.97 Å². The van der Waals surface area contributed by atoms with Gasteiger partial charge in [-0.05, 0) is 25.0 Å². The Hall–Kier alpha value is -1.67. The zero-order valence-electron chi connectivity index (χ0n) is 12.8. The van der Waals surface area contributed by atoms with Gasteiger partial charge in [0, 0.05) is 32.9 Å². The number of sulfonamides is 1. The molecule has 8 heteroatoms. The van der Waals surface area contributed by atoms with Gasteiger partial charge in [-0.2, -0.15) is 4.31 Å². The van der Waals surface area contributed by atoms with E-state index in [0.717, 1.165) is 12.8 Å². The third kappa shape index (κ3) is 3.56. The molecule has 0 spiro atoms. The summed E-state index contributed by atoms with van der Waals surface area (Å²) >= 11 is 0. The molecular formula is C14H21N3O4S. The van der Waals surface area contributed by atoms with Crippen LogP contribution in [0, 0.1) is 5.92 Å². The number of rotatable bonds is 6. The summed E-state index contributed by atoms with van der Waals surface area (Å²) in [4.78, 5) is 16.9. The molecule has 0 aliphatic carbocycles. The number of hydrogen-bond acceptors (Lipinski definition) is 5. The summed E-state index contributed by atoms with van der Waals surface area (Å²) < 4.78 is 26.2. The Morgan fingerprint density at radius 3 is 2.55 bits per heavy atom. The van der Waals surface area contributed by atoms with Gasteiger partial charge in [-0.3, -0.25) is 4.79 Å². The molecule has 1 aromatic rings. The van der Waals surface area contributed by atoms with Crippen LogP contribution < -0.4 is 4.90 Å². The van der Waals surface area contributed by atoms with Crippen LogP contribution in [0.5, 0.6) is 0 Å². The molecule has 0 radical (unpaired) electrons. The van der Waals surface area contributed by atoms with Crippen molar-refractivity contribution >= 4 is 21.8 Å². The first-order valence-corrected chi connectivity index (χ1v) is 8.66. The lowest BCUT2D eigenvalue weighted by Gasteiger charge is -2.21. The second-order valence-corrected chi connectivity index (χ2v) is 7.52. The van der Waals surface area contributed by atoms with Crippen molar-refractivity contribution in [3.8, 4) is 0 Å². The molecule has 1 saturated heterocycles. The Bertz CT molecular complexity index is 624. The van der Waals surface area contributed by atoms with Crippen molar-refractivity contribution in [1.82, 2.24) is 9.29 Å². The highest BCUT2D eigenvalue weighted by Gasteiger charge is 2.27. The molecule has 0 bridgehead atoms. The van der Waals surface area contributed by atoms with Crippen LogP contribution in [-0.4, -0.2) is 55.5 Å². The molecule has 7 nitrogen and oxygen atoms in total. The zero-order valence-corrected chi connectivity index (χ0v) is 13.6. The highest BCUT2D eigenvalue weighted by molar-refractivity contribution is 7.89. The summed E-state index contributed by atoms with van der Waals surface area (Å²) in [6, 6.07) is 3.13. The minimum Gasteiger partial charge on any atom is -0.481 e. The Morgan fingerprint density at radius 2 is 2.05 bits per heavy atom. The van der Waals surface area contributed by atoms with Crippen molar-refractivity contribution in [3.05, 3.63) is 18.3 Å². The highest BCUT2D eigenvalue weighted by Crippen LogP contribution is 2.21. The van der Waals surface area contributed by atoms with Gasteiger partial charge in [0.2, 0.25) is 10.0 Å². The van der Waals surface area contributed by atoms with Gasteiger partial charge in [0.25, 0.3) is 0 Å². The van der Waals surface area contributed by atoms with Crippen LogP contribution in [0.4, 0.5) is 5.82 Å². The molecular weight excluding hydrogens is 306 g/mol. The van der Waals surface area contributed by atoms with E-state index in [1.807, 2.05) is 0 Å². The van der Waals surface area contributed by atoms with Crippen molar-refractivity contribution in [1.29, 1.82) is 0 Å². The van der Waals surface area contributed by atoms with Crippen LogP contribution >= 0.6 is 0 Å². The van der Waals surface area contributed by atoms with Gasteiger partial charge in [0.1, 0.15) is 10.7 Å². The SMILES string of the molecule is CC(CN(C)c1ccc(S(=O)(=O)N2CCCC2)cn1)C(=O)O. The molecule has 22 heavy (non-hydrogen) atoms. The number of carbonyl (C=O) groups is 1. The molecule has 122 valence electrons. The second kappa shape index (κ2) is 6.62. The number of carboxylic acid groups (broad SMARTS) is 1. The van der Waals surface area contributed by atoms with Crippen LogP contribution in [0.25, 0.3) is 0 Å². The van der Waals surface area contributed by atoms with Crippen molar-refractivity contribution in [2.45, 2.75) is 24.7 Å². The van der Waals surface area contributed by atoms with Gasteiger partial charge in [-0.1, -0.05) is 6.92 Å². The van der Waals surface area contributed by atoms with Gasteiger partial charge < -0.3 is 10.0 Å². The number of hydrogen-bond donors (Lipinski definition) is 1. The third-order valence-electron chi connectivity index (χ3n) is 3.78. The van der Waals surface area contributed by atoms with E-state index < -0.39 is 21.9 Å². The Balaban J connectivity index is 2.11. The highest BCUT2D eigenvalue weighted by atomic mass is 32.2. The molecule has 0 saturated carbocycles. The van der Waals surface area contributed by atoms with Crippen molar-refractivity contribution in [2.24, 2.45) is 5.92 Å².